The van der Waals surface area contributed by atoms with Gasteiger partial charge in [-0.1, -0.05) is 11.6 Å². The Morgan fingerprint density at radius 2 is 2.21 bits per heavy atom. The number of aromatic nitrogens is 2. The van der Waals surface area contributed by atoms with Crippen LogP contribution in [0.3, 0.4) is 0 Å². The average molecular weight is 275 g/mol. The molecule has 0 aliphatic carbocycles. The van der Waals surface area contributed by atoms with Crippen LogP contribution in [0.2, 0.25) is 5.02 Å². The molecule has 19 heavy (non-hydrogen) atoms. The Morgan fingerprint density at radius 3 is 2.74 bits per heavy atom. The first kappa shape index (κ1) is 13.4. The van der Waals surface area contributed by atoms with Crippen molar-refractivity contribution in [3.05, 3.63) is 46.2 Å². The number of anilines is 1. The predicted octanol–water partition coefficient (Wildman–Crippen LogP) is 3.43. The van der Waals surface area contributed by atoms with Gasteiger partial charge in [-0.25, -0.2) is 0 Å². The van der Waals surface area contributed by atoms with Crippen molar-refractivity contribution in [3.63, 3.8) is 0 Å². The fourth-order valence-corrected chi connectivity index (χ4v) is 2.29. The zero-order valence-corrected chi connectivity index (χ0v) is 11.9. The number of nitrogens with zero attached hydrogens (tertiary/aromatic N) is 3. The second-order valence-electron chi connectivity index (χ2n) is 4.52. The van der Waals surface area contributed by atoms with Gasteiger partial charge in [0.1, 0.15) is 0 Å². The van der Waals surface area contributed by atoms with E-state index in [1.165, 1.54) is 0 Å². The smallest absolute Gasteiger partial charge is 0.0992 e. The van der Waals surface area contributed by atoms with Crippen LogP contribution < -0.4 is 5.32 Å². The number of nitrogens with one attached hydrogen (secondary N) is 1. The van der Waals surface area contributed by atoms with Gasteiger partial charge in [-0.15, -0.1) is 0 Å². The third-order valence-corrected chi connectivity index (χ3v) is 3.30. The lowest BCUT2D eigenvalue weighted by atomic mass is 10.1. The van der Waals surface area contributed by atoms with Crippen molar-refractivity contribution in [1.82, 2.24) is 9.78 Å². The number of hydrogen-bond donors (Lipinski definition) is 1. The summed E-state index contributed by atoms with van der Waals surface area (Å²) in [5.41, 5.74) is 3.49. The number of hydrogen-bond acceptors (Lipinski definition) is 3. The molecule has 0 aliphatic rings. The Kier molecular flexibility index (Phi) is 3.77. The highest BCUT2D eigenvalue weighted by molar-refractivity contribution is 6.33. The lowest BCUT2D eigenvalue weighted by molar-refractivity contribution is 0.756. The zero-order chi connectivity index (χ0) is 14.0. The normalized spacial score (nSPS) is 11.9. The molecule has 0 radical (unpaired) electrons. The topological polar surface area (TPSA) is 53.6 Å². The van der Waals surface area contributed by atoms with E-state index in [1.54, 1.807) is 16.8 Å². The van der Waals surface area contributed by atoms with E-state index in [0.29, 0.717) is 10.6 Å². The minimum atomic E-state index is 0.0964. The van der Waals surface area contributed by atoms with Gasteiger partial charge in [-0.05, 0) is 32.0 Å². The monoisotopic (exact) mass is 274 g/mol. The molecule has 2 rings (SSSR count). The molecule has 2 aromatic rings. The van der Waals surface area contributed by atoms with E-state index >= 15 is 0 Å². The van der Waals surface area contributed by atoms with Gasteiger partial charge in [0.15, 0.2) is 0 Å². The van der Waals surface area contributed by atoms with E-state index in [-0.39, 0.29) is 6.04 Å². The Morgan fingerprint density at radius 1 is 1.47 bits per heavy atom. The van der Waals surface area contributed by atoms with Crippen LogP contribution in [0, 0.1) is 18.3 Å². The van der Waals surface area contributed by atoms with Crippen molar-refractivity contribution < 1.29 is 0 Å². The summed E-state index contributed by atoms with van der Waals surface area (Å²) in [4.78, 5) is 0. The van der Waals surface area contributed by atoms with Crippen LogP contribution in [0.1, 0.15) is 29.8 Å². The van der Waals surface area contributed by atoms with Crippen molar-refractivity contribution in [2.45, 2.75) is 19.9 Å². The standard InChI is InChI=1S/C14H15ClN4/c1-9(12-8-19(3)18-10(12)2)17-14-5-4-11(7-16)6-13(14)15/h4-6,8-9,17H,1-3H3. The van der Waals surface area contributed by atoms with E-state index in [9.17, 15) is 0 Å². The van der Waals surface area contributed by atoms with Crippen LogP contribution in [0.4, 0.5) is 5.69 Å². The molecule has 98 valence electrons. The number of halogens is 1. The van der Waals surface area contributed by atoms with E-state index < -0.39 is 0 Å². The molecule has 1 heterocycles. The van der Waals surface area contributed by atoms with Gasteiger partial charge in [-0.3, -0.25) is 4.68 Å². The van der Waals surface area contributed by atoms with Crippen molar-refractivity contribution in [2.24, 2.45) is 7.05 Å². The Bertz CT molecular complexity index is 639. The molecule has 4 nitrogen and oxygen atoms in total. The second-order valence-corrected chi connectivity index (χ2v) is 4.92. The lowest BCUT2D eigenvalue weighted by Gasteiger charge is -2.16. The first-order valence-corrected chi connectivity index (χ1v) is 6.35. The van der Waals surface area contributed by atoms with Crippen molar-refractivity contribution in [3.8, 4) is 6.07 Å². The van der Waals surface area contributed by atoms with Crippen LogP contribution in [-0.2, 0) is 7.05 Å². The summed E-state index contributed by atoms with van der Waals surface area (Å²) in [6, 6.07) is 7.39. The lowest BCUT2D eigenvalue weighted by Crippen LogP contribution is -2.07. The molecule has 0 spiro atoms. The van der Waals surface area contributed by atoms with Gasteiger partial charge < -0.3 is 5.32 Å². The van der Waals surface area contributed by atoms with Crippen LogP contribution in [0.25, 0.3) is 0 Å². The largest absolute Gasteiger partial charge is 0.377 e. The van der Waals surface area contributed by atoms with Crippen LogP contribution >= 0.6 is 11.6 Å². The Labute approximate surface area is 117 Å². The summed E-state index contributed by atoms with van der Waals surface area (Å²) in [5.74, 6) is 0. The highest BCUT2D eigenvalue weighted by atomic mass is 35.5. The number of nitriles is 1. The SMILES string of the molecule is Cc1nn(C)cc1C(C)Nc1ccc(C#N)cc1Cl. The second kappa shape index (κ2) is 5.33. The first-order valence-electron chi connectivity index (χ1n) is 5.97. The Balaban J connectivity index is 2.22. The minimum Gasteiger partial charge on any atom is -0.377 e. The molecule has 1 aromatic carbocycles. The van der Waals surface area contributed by atoms with Gasteiger partial charge in [0.05, 0.1) is 34.1 Å². The number of aryl methyl sites for hydroxylation is 2. The molecular formula is C14H15ClN4. The average Bonchev–Trinajstić information content (AvgIpc) is 2.71. The molecule has 0 bridgehead atoms. The van der Waals surface area contributed by atoms with Crippen LogP contribution in [0.15, 0.2) is 24.4 Å². The van der Waals surface area contributed by atoms with Gasteiger partial charge in [0.2, 0.25) is 0 Å². The van der Waals surface area contributed by atoms with Gasteiger partial charge in [0, 0.05) is 18.8 Å². The molecule has 0 aliphatic heterocycles. The first-order chi connectivity index (χ1) is 9.01. The summed E-state index contributed by atoms with van der Waals surface area (Å²) < 4.78 is 1.79. The van der Waals surface area contributed by atoms with Crippen molar-refractivity contribution in [1.29, 1.82) is 5.26 Å². The molecule has 1 atom stereocenters. The molecule has 0 saturated carbocycles. The van der Waals surface area contributed by atoms with E-state index in [2.05, 4.69) is 23.4 Å². The minimum absolute atomic E-state index is 0.0964. The van der Waals surface area contributed by atoms with Gasteiger partial charge in [0.25, 0.3) is 0 Å². The summed E-state index contributed by atoms with van der Waals surface area (Å²) in [7, 11) is 1.90. The maximum atomic E-state index is 8.81. The zero-order valence-electron chi connectivity index (χ0n) is 11.1. The Hall–Kier alpha value is -1.99. The molecule has 1 N–H and O–H groups in total. The summed E-state index contributed by atoms with van der Waals surface area (Å²) in [6.07, 6.45) is 1.99. The van der Waals surface area contributed by atoms with E-state index in [0.717, 1.165) is 16.9 Å². The molecule has 1 aromatic heterocycles. The quantitative estimate of drug-likeness (QED) is 0.933. The van der Waals surface area contributed by atoms with Crippen LogP contribution in [-0.4, -0.2) is 9.78 Å². The fourth-order valence-electron chi connectivity index (χ4n) is 2.06. The molecule has 5 heteroatoms. The van der Waals surface area contributed by atoms with E-state index in [4.69, 9.17) is 16.9 Å². The third-order valence-electron chi connectivity index (χ3n) is 2.99. The molecule has 0 saturated heterocycles. The molecule has 0 fully saturated rings. The van der Waals surface area contributed by atoms with Crippen molar-refractivity contribution in [2.75, 3.05) is 5.32 Å². The number of rotatable bonds is 3. The van der Waals surface area contributed by atoms with Gasteiger partial charge >= 0.3 is 0 Å². The summed E-state index contributed by atoms with van der Waals surface area (Å²) in [5, 5.41) is 17.0. The highest BCUT2D eigenvalue weighted by Crippen LogP contribution is 2.27. The molecule has 1 unspecified atom stereocenters. The molecule has 0 amide bonds. The maximum absolute atomic E-state index is 8.81. The predicted molar refractivity (Wildman–Crippen MR) is 76.1 cm³/mol. The third kappa shape index (κ3) is 2.88. The molecular weight excluding hydrogens is 260 g/mol. The number of benzene rings is 1. The van der Waals surface area contributed by atoms with Crippen LogP contribution in [0.5, 0.6) is 0 Å². The maximum Gasteiger partial charge on any atom is 0.0992 e. The summed E-state index contributed by atoms with van der Waals surface area (Å²) >= 11 is 6.15. The van der Waals surface area contributed by atoms with E-state index in [1.807, 2.05) is 26.2 Å². The van der Waals surface area contributed by atoms with Crippen molar-refractivity contribution >= 4 is 17.3 Å². The highest BCUT2D eigenvalue weighted by Gasteiger charge is 2.13. The van der Waals surface area contributed by atoms with Gasteiger partial charge in [-0.2, -0.15) is 10.4 Å². The fraction of sp³-hybridized carbons (Fsp3) is 0.286. The summed E-state index contributed by atoms with van der Waals surface area (Å²) in [6.45, 7) is 4.03.